The Hall–Kier alpha value is -0.0800. The quantitative estimate of drug-likeness (QED) is 0.731. The van der Waals surface area contributed by atoms with E-state index in [0.717, 1.165) is 23.8 Å². The van der Waals surface area contributed by atoms with Crippen molar-refractivity contribution in [3.8, 4) is 0 Å². The van der Waals surface area contributed by atoms with E-state index in [1.807, 2.05) is 0 Å². The molecule has 4 unspecified atom stereocenters. The summed E-state index contributed by atoms with van der Waals surface area (Å²) in [5, 5.41) is 3.57. The Kier molecular flexibility index (Phi) is 2.56. The molecule has 4 atom stereocenters. The predicted molar refractivity (Wildman–Crippen MR) is 67.4 cm³/mol. The zero-order valence-electron chi connectivity index (χ0n) is 11.0. The third-order valence-corrected chi connectivity index (χ3v) is 5.53. The summed E-state index contributed by atoms with van der Waals surface area (Å²) in [5.41, 5.74) is 0.433. The minimum Gasteiger partial charge on any atom is -0.316 e. The van der Waals surface area contributed by atoms with Crippen molar-refractivity contribution in [3.05, 3.63) is 0 Å². The molecule has 92 valence electrons. The molecule has 0 aromatic carbocycles. The molecule has 0 spiro atoms. The molecular weight excluding hydrogens is 196 g/mol. The molecule has 0 aromatic heterocycles. The lowest BCUT2D eigenvalue weighted by atomic mass is 9.84. The highest BCUT2D eigenvalue weighted by Crippen LogP contribution is 2.45. The van der Waals surface area contributed by atoms with Gasteiger partial charge in [-0.05, 0) is 57.4 Å². The third-order valence-electron chi connectivity index (χ3n) is 5.53. The zero-order chi connectivity index (χ0) is 11.3. The number of likely N-dealkylation sites (tertiary alicyclic amines) is 1. The summed E-state index contributed by atoms with van der Waals surface area (Å²) in [4.78, 5) is 2.85. The van der Waals surface area contributed by atoms with Gasteiger partial charge in [-0.25, -0.2) is 0 Å². The Bertz CT molecular complexity index is 274. The molecule has 0 radical (unpaired) electrons. The lowest BCUT2D eigenvalue weighted by Crippen LogP contribution is -2.48. The van der Waals surface area contributed by atoms with Crippen LogP contribution >= 0.6 is 0 Å². The van der Waals surface area contributed by atoms with Crippen molar-refractivity contribution in [2.75, 3.05) is 19.6 Å². The van der Waals surface area contributed by atoms with Gasteiger partial charge in [-0.3, -0.25) is 4.90 Å². The third kappa shape index (κ3) is 1.53. The standard InChI is InChI=1S/C14H26N2/c1-10-4-5-12(6-10)16-9-11-7-15-8-13(11)14(16,2)3/h10-13,15H,4-9H2,1-3H3. The van der Waals surface area contributed by atoms with Crippen molar-refractivity contribution in [2.24, 2.45) is 17.8 Å². The van der Waals surface area contributed by atoms with Crippen LogP contribution in [0, 0.1) is 17.8 Å². The van der Waals surface area contributed by atoms with Gasteiger partial charge < -0.3 is 5.32 Å². The fourth-order valence-electron chi connectivity index (χ4n) is 4.53. The zero-order valence-corrected chi connectivity index (χ0v) is 11.0. The number of nitrogens with one attached hydrogen (secondary N) is 1. The van der Waals surface area contributed by atoms with E-state index < -0.39 is 0 Å². The van der Waals surface area contributed by atoms with E-state index in [-0.39, 0.29) is 0 Å². The minimum atomic E-state index is 0.433. The van der Waals surface area contributed by atoms with Crippen molar-refractivity contribution in [1.82, 2.24) is 10.2 Å². The largest absolute Gasteiger partial charge is 0.316 e. The highest BCUT2D eigenvalue weighted by atomic mass is 15.3. The van der Waals surface area contributed by atoms with E-state index in [9.17, 15) is 0 Å². The van der Waals surface area contributed by atoms with Gasteiger partial charge in [-0.15, -0.1) is 0 Å². The average Bonchev–Trinajstić information content (AvgIpc) is 2.85. The molecule has 16 heavy (non-hydrogen) atoms. The van der Waals surface area contributed by atoms with Crippen molar-refractivity contribution in [3.63, 3.8) is 0 Å². The van der Waals surface area contributed by atoms with Crippen molar-refractivity contribution in [2.45, 2.75) is 51.6 Å². The van der Waals surface area contributed by atoms with Crippen LogP contribution in [0.5, 0.6) is 0 Å². The summed E-state index contributed by atoms with van der Waals surface area (Å²) in [6.07, 6.45) is 4.33. The maximum absolute atomic E-state index is 3.57. The van der Waals surface area contributed by atoms with Gasteiger partial charge in [0.25, 0.3) is 0 Å². The predicted octanol–water partition coefficient (Wildman–Crippen LogP) is 2.10. The van der Waals surface area contributed by atoms with Gasteiger partial charge in [0.15, 0.2) is 0 Å². The Morgan fingerprint density at radius 1 is 1.19 bits per heavy atom. The molecule has 3 aliphatic rings. The van der Waals surface area contributed by atoms with Gasteiger partial charge in [0, 0.05) is 24.7 Å². The lowest BCUT2D eigenvalue weighted by Gasteiger charge is -2.39. The maximum atomic E-state index is 3.57. The first kappa shape index (κ1) is 11.0. The van der Waals surface area contributed by atoms with Gasteiger partial charge in [-0.1, -0.05) is 6.92 Å². The van der Waals surface area contributed by atoms with Crippen LogP contribution in [0.2, 0.25) is 0 Å². The topological polar surface area (TPSA) is 15.3 Å². The molecule has 0 bridgehead atoms. The van der Waals surface area contributed by atoms with E-state index >= 15 is 0 Å². The molecule has 2 heteroatoms. The first-order valence-corrected chi connectivity index (χ1v) is 7.06. The molecule has 1 aliphatic carbocycles. The Labute approximate surface area is 99.8 Å². The van der Waals surface area contributed by atoms with Crippen LogP contribution in [0.25, 0.3) is 0 Å². The highest BCUT2D eigenvalue weighted by molar-refractivity contribution is 5.06. The fraction of sp³-hybridized carbons (Fsp3) is 1.00. The first-order valence-electron chi connectivity index (χ1n) is 7.06. The van der Waals surface area contributed by atoms with Gasteiger partial charge in [0.05, 0.1) is 0 Å². The van der Waals surface area contributed by atoms with E-state index in [0.29, 0.717) is 5.54 Å². The Morgan fingerprint density at radius 2 is 2.00 bits per heavy atom. The van der Waals surface area contributed by atoms with E-state index in [2.05, 4.69) is 31.0 Å². The highest BCUT2D eigenvalue weighted by Gasteiger charge is 2.51. The molecule has 1 saturated carbocycles. The summed E-state index contributed by atoms with van der Waals surface area (Å²) in [5.74, 6) is 2.77. The van der Waals surface area contributed by atoms with Crippen molar-refractivity contribution < 1.29 is 0 Å². The second kappa shape index (κ2) is 3.71. The van der Waals surface area contributed by atoms with Crippen LogP contribution < -0.4 is 5.32 Å². The number of nitrogens with zero attached hydrogens (tertiary/aromatic N) is 1. The molecule has 2 nitrogen and oxygen atoms in total. The smallest absolute Gasteiger partial charge is 0.0200 e. The van der Waals surface area contributed by atoms with Gasteiger partial charge in [-0.2, -0.15) is 0 Å². The monoisotopic (exact) mass is 222 g/mol. The summed E-state index contributed by atoms with van der Waals surface area (Å²) in [6, 6.07) is 0.885. The van der Waals surface area contributed by atoms with Crippen LogP contribution in [-0.2, 0) is 0 Å². The van der Waals surface area contributed by atoms with Crippen molar-refractivity contribution in [1.29, 1.82) is 0 Å². The second-order valence-corrected chi connectivity index (χ2v) is 6.90. The van der Waals surface area contributed by atoms with Gasteiger partial charge in [0.2, 0.25) is 0 Å². The fourth-order valence-corrected chi connectivity index (χ4v) is 4.53. The second-order valence-electron chi connectivity index (χ2n) is 6.90. The van der Waals surface area contributed by atoms with Crippen molar-refractivity contribution >= 4 is 0 Å². The molecule has 2 heterocycles. The normalized spacial score (nSPS) is 47.4. The van der Waals surface area contributed by atoms with Crippen LogP contribution in [0.15, 0.2) is 0 Å². The van der Waals surface area contributed by atoms with Crippen LogP contribution in [0.1, 0.15) is 40.0 Å². The summed E-state index contributed by atoms with van der Waals surface area (Å²) >= 11 is 0. The first-order chi connectivity index (χ1) is 7.59. The molecular formula is C14H26N2. The van der Waals surface area contributed by atoms with E-state index in [1.54, 1.807) is 0 Å². The summed E-state index contributed by atoms with van der Waals surface area (Å²) in [7, 11) is 0. The Balaban J connectivity index is 1.77. The van der Waals surface area contributed by atoms with Crippen LogP contribution in [-0.4, -0.2) is 36.1 Å². The lowest BCUT2D eigenvalue weighted by molar-refractivity contribution is 0.0897. The molecule has 0 amide bonds. The van der Waals surface area contributed by atoms with Crippen LogP contribution in [0.3, 0.4) is 0 Å². The van der Waals surface area contributed by atoms with Gasteiger partial charge >= 0.3 is 0 Å². The number of rotatable bonds is 1. The molecule has 1 N–H and O–H groups in total. The molecule has 0 aromatic rings. The minimum absolute atomic E-state index is 0.433. The number of hydrogen-bond acceptors (Lipinski definition) is 2. The number of hydrogen-bond donors (Lipinski definition) is 1. The SMILES string of the molecule is CC1CCC(N2CC3CNCC3C2(C)C)C1. The summed E-state index contributed by atoms with van der Waals surface area (Å²) in [6.45, 7) is 11.2. The Morgan fingerprint density at radius 3 is 2.62 bits per heavy atom. The summed E-state index contributed by atoms with van der Waals surface area (Å²) < 4.78 is 0. The van der Waals surface area contributed by atoms with E-state index in [1.165, 1.54) is 38.9 Å². The van der Waals surface area contributed by atoms with Crippen LogP contribution in [0.4, 0.5) is 0 Å². The molecule has 3 rings (SSSR count). The molecule has 2 aliphatic heterocycles. The molecule has 2 saturated heterocycles. The maximum Gasteiger partial charge on any atom is 0.0200 e. The van der Waals surface area contributed by atoms with Gasteiger partial charge in [0.1, 0.15) is 0 Å². The van der Waals surface area contributed by atoms with E-state index in [4.69, 9.17) is 0 Å². The molecule has 3 fully saturated rings. The average molecular weight is 222 g/mol. The number of fused-ring (bicyclic) bond motifs is 1.